The number of rotatable bonds is 13. The van der Waals surface area contributed by atoms with E-state index < -0.39 is 17.7 Å². The van der Waals surface area contributed by atoms with Crippen molar-refractivity contribution in [1.29, 1.82) is 0 Å². The number of aliphatic hydroxyl groups excluding tert-OH is 1. The Morgan fingerprint density at radius 1 is 0.944 bits per heavy atom. The molecule has 1 unspecified atom stereocenters. The molecule has 1 heterocycles. The van der Waals surface area contributed by atoms with Gasteiger partial charge >= 0.3 is 0 Å². The number of hydrogen-bond acceptors (Lipinski definition) is 6. The SMILES string of the molecule is CCCCCOc1cccc(C2C(=C(O)c3ccc(OCCC)cc3)C(=O)C(=O)N2CCN(C)C)c1. The van der Waals surface area contributed by atoms with Crippen LogP contribution in [-0.4, -0.2) is 67.0 Å². The van der Waals surface area contributed by atoms with Crippen LogP contribution in [0.3, 0.4) is 0 Å². The van der Waals surface area contributed by atoms with Gasteiger partial charge in [0.2, 0.25) is 0 Å². The highest BCUT2D eigenvalue weighted by Crippen LogP contribution is 2.40. The molecule has 1 atom stereocenters. The lowest BCUT2D eigenvalue weighted by atomic mass is 9.95. The van der Waals surface area contributed by atoms with Crippen molar-refractivity contribution >= 4 is 17.4 Å². The van der Waals surface area contributed by atoms with Gasteiger partial charge in [-0.05, 0) is 68.9 Å². The fourth-order valence-electron chi connectivity index (χ4n) is 4.17. The maximum absolute atomic E-state index is 13.2. The van der Waals surface area contributed by atoms with E-state index in [2.05, 4.69) is 6.92 Å². The molecule has 1 aliphatic heterocycles. The number of likely N-dealkylation sites (tertiary alicyclic amines) is 1. The van der Waals surface area contributed by atoms with Gasteiger partial charge in [0.1, 0.15) is 17.3 Å². The van der Waals surface area contributed by atoms with Crippen molar-refractivity contribution in [1.82, 2.24) is 9.80 Å². The number of carbonyl (C=O) groups excluding carboxylic acids is 2. The molecule has 1 aliphatic rings. The molecule has 0 spiro atoms. The third kappa shape index (κ3) is 6.66. The van der Waals surface area contributed by atoms with Crippen molar-refractivity contribution in [2.45, 2.75) is 45.6 Å². The molecule has 2 aromatic carbocycles. The van der Waals surface area contributed by atoms with Crippen molar-refractivity contribution in [3.05, 3.63) is 65.2 Å². The van der Waals surface area contributed by atoms with Gasteiger partial charge in [-0.25, -0.2) is 0 Å². The van der Waals surface area contributed by atoms with E-state index in [1.54, 1.807) is 29.2 Å². The molecule has 7 nitrogen and oxygen atoms in total. The molecule has 1 saturated heterocycles. The Kier molecular flexibility index (Phi) is 9.94. The Morgan fingerprint density at radius 2 is 1.67 bits per heavy atom. The molecule has 1 fully saturated rings. The number of amides is 1. The minimum atomic E-state index is -0.708. The van der Waals surface area contributed by atoms with Crippen molar-refractivity contribution in [3.63, 3.8) is 0 Å². The van der Waals surface area contributed by atoms with Crippen LogP contribution in [0.15, 0.2) is 54.1 Å². The first-order chi connectivity index (χ1) is 17.4. The lowest BCUT2D eigenvalue weighted by molar-refractivity contribution is -0.140. The monoisotopic (exact) mass is 494 g/mol. The summed E-state index contributed by atoms with van der Waals surface area (Å²) in [5.74, 6) is -0.122. The maximum atomic E-state index is 13.2. The molecule has 1 amide bonds. The highest BCUT2D eigenvalue weighted by atomic mass is 16.5. The summed E-state index contributed by atoms with van der Waals surface area (Å²) in [6.45, 7) is 6.30. The van der Waals surface area contributed by atoms with Gasteiger partial charge in [0.05, 0.1) is 24.8 Å². The summed E-state index contributed by atoms with van der Waals surface area (Å²) < 4.78 is 11.6. The number of Topliss-reactive ketones (excluding diaryl/α,β-unsaturated/α-hetero) is 1. The molecular formula is C29H38N2O5. The van der Waals surface area contributed by atoms with Crippen LogP contribution in [0.5, 0.6) is 11.5 Å². The van der Waals surface area contributed by atoms with E-state index in [1.165, 1.54) is 0 Å². The summed E-state index contributed by atoms with van der Waals surface area (Å²) >= 11 is 0. The van der Waals surface area contributed by atoms with Gasteiger partial charge < -0.3 is 24.4 Å². The smallest absolute Gasteiger partial charge is 0.295 e. The van der Waals surface area contributed by atoms with Gasteiger partial charge in [-0.15, -0.1) is 0 Å². The number of unbranched alkanes of at least 4 members (excludes halogenated alkanes) is 2. The van der Waals surface area contributed by atoms with E-state index in [9.17, 15) is 14.7 Å². The Bertz CT molecular complexity index is 1060. The van der Waals surface area contributed by atoms with Crippen LogP contribution in [0.4, 0.5) is 0 Å². The first-order valence-corrected chi connectivity index (χ1v) is 12.8. The zero-order valence-electron chi connectivity index (χ0n) is 21.8. The van der Waals surface area contributed by atoms with Gasteiger partial charge in [0.15, 0.2) is 0 Å². The third-order valence-corrected chi connectivity index (χ3v) is 6.12. The van der Waals surface area contributed by atoms with Crippen LogP contribution in [-0.2, 0) is 9.59 Å². The topological polar surface area (TPSA) is 79.3 Å². The lowest BCUT2D eigenvalue weighted by Crippen LogP contribution is -2.35. The zero-order valence-corrected chi connectivity index (χ0v) is 21.8. The number of carbonyl (C=O) groups is 2. The number of likely N-dealkylation sites (N-methyl/N-ethyl adjacent to an activating group) is 1. The summed E-state index contributed by atoms with van der Waals surface area (Å²) in [6, 6.07) is 13.7. The van der Waals surface area contributed by atoms with Gasteiger partial charge in [-0.2, -0.15) is 0 Å². The Labute approximate surface area is 214 Å². The van der Waals surface area contributed by atoms with E-state index in [0.29, 0.717) is 43.4 Å². The molecule has 194 valence electrons. The Balaban J connectivity index is 2.00. The number of ketones is 1. The number of ether oxygens (including phenoxy) is 2. The van der Waals surface area contributed by atoms with Gasteiger partial charge in [-0.1, -0.05) is 38.8 Å². The molecular weight excluding hydrogens is 456 g/mol. The largest absolute Gasteiger partial charge is 0.507 e. The number of nitrogens with zero attached hydrogens (tertiary/aromatic N) is 2. The molecule has 7 heteroatoms. The standard InChI is InChI=1S/C29H38N2O5/c1-5-7-8-19-36-24-11-9-10-22(20-24)26-25(28(33)29(34)31(26)17-16-30(3)4)27(32)21-12-14-23(15-13-21)35-18-6-2/h9-15,20,26,32H,5-8,16-19H2,1-4H3. The average Bonchev–Trinajstić information content (AvgIpc) is 3.13. The van der Waals surface area contributed by atoms with E-state index in [0.717, 1.165) is 31.2 Å². The summed E-state index contributed by atoms with van der Waals surface area (Å²) in [5.41, 5.74) is 1.27. The van der Waals surface area contributed by atoms with Gasteiger partial charge in [0, 0.05) is 18.7 Å². The van der Waals surface area contributed by atoms with Crippen molar-refractivity contribution in [2.75, 3.05) is 40.4 Å². The van der Waals surface area contributed by atoms with Gasteiger partial charge in [0.25, 0.3) is 11.7 Å². The van der Waals surface area contributed by atoms with Crippen LogP contribution in [0, 0.1) is 0 Å². The van der Waals surface area contributed by atoms with Crippen LogP contribution in [0.1, 0.15) is 56.7 Å². The highest BCUT2D eigenvalue weighted by molar-refractivity contribution is 6.46. The van der Waals surface area contributed by atoms with Crippen LogP contribution >= 0.6 is 0 Å². The summed E-state index contributed by atoms with van der Waals surface area (Å²) in [7, 11) is 3.83. The molecule has 36 heavy (non-hydrogen) atoms. The third-order valence-electron chi connectivity index (χ3n) is 6.12. The molecule has 0 aliphatic carbocycles. The second-order valence-corrected chi connectivity index (χ2v) is 9.30. The predicted molar refractivity (Wildman–Crippen MR) is 141 cm³/mol. The van der Waals surface area contributed by atoms with Crippen LogP contribution < -0.4 is 9.47 Å². The molecule has 0 aromatic heterocycles. The second kappa shape index (κ2) is 13.1. The second-order valence-electron chi connectivity index (χ2n) is 9.30. The van der Waals surface area contributed by atoms with Crippen LogP contribution in [0.25, 0.3) is 5.76 Å². The minimum absolute atomic E-state index is 0.0871. The molecule has 2 aromatic rings. The molecule has 0 saturated carbocycles. The number of hydrogen-bond donors (Lipinski definition) is 1. The predicted octanol–water partition coefficient (Wildman–Crippen LogP) is 5.03. The lowest BCUT2D eigenvalue weighted by Gasteiger charge is -2.27. The number of aliphatic hydroxyl groups is 1. The van der Waals surface area contributed by atoms with Gasteiger partial charge in [-0.3, -0.25) is 9.59 Å². The average molecular weight is 495 g/mol. The fraction of sp³-hybridized carbons (Fsp3) is 0.448. The normalized spacial score (nSPS) is 17.1. The quantitative estimate of drug-likeness (QED) is 0.182. The number of benzene rings is 2. The van der Waals surface area contributed by atoms with Crippen molar-refractivity contribution < 1.29 is 24.2 Å². The van der Waals surface area contributed by atoms with Crippen LogP contribution in [0.2, 0.25) is 0 Å². The first-order valence-electron chi connectivity index (χ1n) is 12.8. The van der Waals surface area contributed by atoms with Crippen molar-refractivity contribution in [2.24, 2.45) is 0 Å². The zero-order chi connectivity index (χ0) is 26.1. The van der Waals surface area contributed by atoms with E-state index in [1.807, 2.05) is 50.2 Å². The molecule has 0 radical (unpaired) electrons. The van der Waals surface area contributed by atoms with E-state index >= 15 is 0 Å². The summed E-state index contributed by atoms with van der Waals surface area (Å²) in [6.07, 6.45) is 4.04. The Hall–Kier alpha value is -3.32. The molecule has 0 bridgehead atoms. The van der Waals surface area contributed by atoms with E-state index in [-0.39, 0.29) is 11.3 Å². The highest BCUT2D eigenvalue weighted by Gasteiger charge is 2.46. The summed E-state index contributed by atoms with van der Waals surface area (Å²) in [5, 5.41) is 11.3. The summed E-state index contributed by atoms with van der Waals surface area (Å²) in [4.78, 5) is 29.8. The first kappa shape index (κ1) is 27.3. The Morgan fingerprint density at radius 3 is 2.33 bits per heavy atom. The fourth-order valence-corrected chi connectivity index (χ4v) is 4.17. The molecule has 3 rings (SSSR count). The van der Waals surface area contributed by atoms with E-state index in [4.69, 9.17) is 9.47 Å². The minimum Gasteiger partial charge on any atom is -0.507 e. The maximum Gasteiger partial charge on any atom is 0.295 e. The molecule has 1 N–H and O–H groups in total. The van der Waals surface area contributed by atoms with Crippen molar-refractivity contribution in [3.8, 4) is 11.5 Å².